The third-order valence-electron chi connectivity index (χ3n) is 6.56. The van der Waals surface area contributed by atoms with E-state index in [4.69, 9.17) is 9.47 Å². The Morgan fingerprint density at radius 2 is 1.90 bits per heavy atom. The summed E-state index contributed by atoms with van der Waals surface area (Å²) in [6.45, 7) is 8.97. The molecule has 0 aliphatic carbocycles. The van der Waals surface area contributed by atoms with Gasteiger partial charge < -0.3 is 14.4 Å². The molecule has 0 N–H and O–H groups in total. The summed E-state index contributed by atoms with van der Waals surface area (Å²) in [6.07, 6.45) is 2.22. The first-order valence-corrected chi connectivity index (χ1v) is 11.2. The van der Waals surface area contributed by atoms with Crippen molar-refractivity contribution >= 4 is 5.91 Å². The van der Waals surface area contributed by atoms with Gasteiger partial charge in [0.05, 0.1) is 0 Å². The summed E-state index contributed by atoms with van der Waals surface area (Å²) in [7, 11) is 0. The molecule has 5 rings (SSSR count). The highest BCUT2D eigenvalue weighted by Gasteiger charge is 2.30. The molecule has 4 heterocycles. The van der Waals surface area contributed by atoms with Crippen molar-refractivity contribution in [2.24, 2.45) is 0 Å². The van der Waals surface area contributed by atoms with Gasteiger partial charge >= 0.3 is 0 Å². The van der Waals surface area contributed by atoms with Crippen LogP contribution in [-0.2, 0) is 6.54 Å². The Morgan fingerprint density at radius 3 is 2.74 bits per heavy atom. The van der Waals surface area contributed by atoms with Gasteiger partial charge in [0.25, 0.3) is 5.91 Å². The van der Waals surface area contributed by atoms with Gasteiger partial charge in [-0.25, -0.2) is 4.98 Å². The summed E-state index contributed by atoms with van der Waals surface area (Å²) in [5.74, 6) is 1.76. The highest BCUT2D eigenvalue weighted by atomic mass is 16.7. The van der Waals surface area contributed by atoms with Crippen molar-refractivity contribution in [3.8, 4) is 11.5 Å². The molecule has 164 valence electrons. The summed E-state index contributed by atoms with van der Waals surface area (Å²) in [5, 5.41) is 0. The number of amides is 1. The van der Waals surface area contributed by atoms with E-state index in [0.717, 1.165) is 75.8 Å². The molecule has 2 saturated heterocycles. The number of hydrogen-bond donors (Lipinski definition) is 0. The second-order valence-corrected chi connectivity index (χ2v) is 8.71. The van der Waals surface area contributed by atoms with Gasteiger partial charge in [0, 0.05) is 57.5 Å². The van der Waals surface area contributed by atoms with Crippen LogP contribution in [0, 0.1) is 6.92 Å². The molecule has 2 aromatic rings. The van der Waals surface area contributed by atoms with E-state index in [2.05, 4.69) is 26.9 Å². The number of carbonyl (C=O) groups excluding carboxylic acids is 1. The lowest BCUT2D eigenvalue weighted by atomic mass is 10.0. The number of nitrogens with zero attached hydrogens (tertiary/aromatic N) is 4. The van der Waals surface area contributed by atoms with Crippen molar-refractivity contribution in [3.05, 3.63) is 53.3 Å². The van der Waals surface area contributed by atoms with E-state index in [-0.39, 0.29) is 5.91 Å². The van der Waals surface area contributed by atoms with Gasteiger partial charge in [0.15, 0.2) is 11.5 Å². The van der Waals surface area contributed by atoms with Crippen LogP contribution in [0.5, 0.6) is 11.5 Å². The number of carbonyl (C=O) groups is 1. The highest BCUT2D eigenvalue weighted by Crippen LogP contribution is 2.33. The predicted molar refractivity (Wildman–Crippen MR) is 117 cm³/mol. The molecule has 0 saturated carbocycles. The van der Waals surface area contributed by atoms with Gasteiger partial charge in [-0.3, -0.25) is 14.6 Å². The lowest BCUT2D eigenvalue weighted by molar-refractivity contribution is 0.0404. The van der Waals surface area contributed by atoms with Gasteiger partial charge in [-0.15, -0.1) is 0 Å². The Hall–Kier alpha value is -2.64. The van der Waals surface area contributed by atoms with E-state index in [9.17, 15) is 4.79 Å². The molecule has 1 atom stereocenters. The average Bonchev–Trinajstić information content (AvgIpc) is 3.27. The molecule has 0 radical (unpaired) electrons. The number of piperidine rings is 1. The zero-order chi connectivity index (χ0) is 21.2. The van der Waals surface area contributed by atoms with Crippen LogP contribution in [-0.4, -0.2) is 77.7 Å². The number of pyridine rings is 1. The number of benzene rings is 1. The summed E-state index contributed by atoms with van der Waals surface area (Å²) in [4.78, 5) is 24.4. The maximum Gasteiger partial charge on any atom is 0.272 e. The van der Waals surface area contributed by atoms with Crippen LogP contribution in [0.1, 0.15) is 34.6 Å². The SMILES string of the molecule is Cc1cccc(C(=O)N2CCC[C@H](N3CCN(Cc4ccc5c(c4)OCO5)CC3)C2)n1. The molecule has 31 heavy (non-hydrogen) atoms. The van der Waals surface area contributed by atoms with Crippen molar-refractivity contribution in [2.45, 2.75) is 32.4 Å². The van der Waals surface area contributed by atoms with Crippen LogP contribution < -0.4 is 9.47 Å². The Labute approximate surface area is 183 Å². The van der Waals surface area contributed by atoms with E-state index in [1.165, 1.54) is 5.56 Å². The minimum absolute atomic E-state index is 0.0647. The molecule has 1 aromatic carbocycles. The normalized spacial score (nSPS) is 22.0. The maximum atomic E-state index is 12.9. The minimum atomic E-state index is 0.0647. The minimum Gasteiger partial charge on any atom is -0.454 e. The van der Waals surface area contributed by atoms with Crippen molar-refractivity contribution in [3.63, 3.8) is 0 Å². The molecule has 7 nitrogen and oxygen atoms in total. The molecule has 7 heteroatoms. The third kappa shape index (κ3) is 4.52. The zero-order valence-corrected chi connectivity index (χ0v) is 18.1. The summed E-state index contributed by atoms with van der Waals surface area (Å²) >= 11 is 0. The molecule has 0 unspecified atom stereocenters. The number of aryl methyl sites for hydroxylation is 1. The van der Waals surface area contributed by atoms with Crippen LogP contribution in [0.3, 0.4) is 0 Å². The Morgan fingerprint density at radius 1 is 1.06 bits per heavy atom. The molecular formula is C24H30N4O3. The van der Waals surface area contributed by atoms with Crippen molar-refractivity contribution in [1.29, 1.82) is 0 Å². The fraction of sp³-hybridized carbons (Fsp3) is 0.500. The van der Waals surface area contributed by atoms with Gasteiger partial charge in [-0.1, -0.05) is 12.1 Å². The van der Waals surface area contributed by atoms with Gasteiger partial charge in [0.2, 0.25) is 6.79 Å². The smallest absolute Gasteiger partial charge is 0.272 e. The molecular weight excluding hydrogens is 392 g/mol. The van der Waals surface area contributed by atoms with Gasteiger partial charge in [-0.05, 0) is 49.6 Å². The zero-order valence-electron chi connectivity index (χ0n) is 18.1. The number of piperazine rings is 1. The number of ether oxygens (including phenoxy) is 2. The fourth-order valence-electron chi connectivity index (χ4n) is 4.85. The molecule has 0 bridgehead atoms. The maximum absolute atomic E-state index is 12.9. The number of rotatable bonds is 4. The van der Waals surface area contributed by atoms with Crippen LogP contribution >= 0.6 is 0 Å². The van der Waals surface area contributed by atoms with Gasteiger partial charge in [-0.2, -0.15) is 0 Å². The predicted octanol–water partition coefficient (Wildman–Crippen LogP) is 2.54. The Kier molecular flexibility index (Phi) is 5.78. The first-order valence-electron chi connectivity index (χ1n) is 11.2. The van der Waals surface area contributed by atoms with Crippen LogP contribution in [0.4, 0.5) is 0 Å². The quantitative estimate of drug-likeness (QED) is 0.755. The second-order valence-electron chi connectivity index (χ2n) is 8.71. The lowest BCUT2D eigenvalue weighted by Crippen LogP contribution is -2.55. The first-order chi connectivity index (χ1) is 15.2. The second kappa shape index (κ2) is 8.85. The van der Waals surface area contributed by atoms with Crippen molar-refractivity contribution in [2.75, 3.05) is 46.1 Å². The lowest BCUT2D eigenvalue weighted by Gasteiger charge is -2.43. The van der Waals surface area contributed by atoms with Crippen LogP contribution in [0.2, 0.25) is 0 Å². The highest BCUT2D eigenvalue weighted by molar-refractivity contribution is 5.92. The first kappa shape index (κ1) is 20.3. The average molecular weight is 423 g/mol. The molecule has 0 spiro atoms. The largest absolute Gasteiger partial charge is 0.454 e. The van der Waals surface area contributed by atoms with E-state index in [1.54, 1.807) is 0 Å². The molecule has 3 aliphatic heterocycles. The van der Waals surface area contributed by atoms with Crippen LogP contribution in [0.15, 0.2) is 36.4 Å². The summed E-state index contributed by atoms with van der Waals surface area (Å²) < 4.78 is 10.9. The Balaban J connectivity index is 1.14. The van der Waals surface area contributed by atoms with Crippen molar-refractivity contribution < 1.29 is 14.3 Å². The van der Waals surface area contributed by atoms with E-state index in [1.807, 2.05) is 36.1 Å². The van der Waals surface area contributed by atoms with E-state index in [0.29, 0.717) is 18.5 Å². The Bertz CT molecular complexity index is 942. The molecule has 1 amide bonds. The summed E-state index contributed by atoms with van der Waals surface area (Å²) in [6, 6.07) is 12.3. The number of hydrogen-bond acceptors (Lipinski definition) is 6. The monoisotopic (exact) mass is 422 g/mol. The number of likely N-dealkylation sites (tertiary alicyclic amines) is 1. The van der Waals surface area contributed by atoms with Crippen LogP contribution in [0.25, 0.3) is 0 Å². The molecule has 2 fully saturated rings. The standard InChI is InChI=1S/C24H30N4O3/c1-18-4-2-6-21(25-18)24(29)28-9-3-5-20(16-28)27-12-10-26(11-13-27)15-19-7-8-22-23(14-19)31-17-30-22/h2,4,6-8,14,20H,3,5,9-13,15-17H2,1H3/t20-/m0/s1. The van der Waals surface area contributed by atoms with E-state index >= 15 is 0 Å². The molecule has 3 aliphatic rings. The van der Waals surface area contributed by atoms with E-state index < -0.39 is 0 Å². The topological polar surface area (TPSA) is 58.1 Å². The van der Waals surface area contributed by atoms with Crippen molar-refractivity contribution in [1.82, 2.24) is 19.7 Å². The number of fused-ring (bicyclic) bond motifs is 1. The third-order valence-corrected chi connectivity index (χ3v) is 6.56. The number of aromatic nitrogens is 1. The van der Waals surface area contributed by atoms with Gasteiger partial charge in [0.1, 0.15) is 5.69 Å². The summed E-state index contributed by atoms with van der Waals surface area (Å²) in [5.41, 5.74) is 2.71. The fourth-order valence-corrected chi connectivity index (χ4v) is 4.85. The molecule has 1 aromatic heterocycles.